The lowest BCUT2D eigenvalue weighted by Gasteiger charge is -2.20. The molecule has 2 amide bonds. The van der Waals surface area contributed by atoms with Gasteiger partial charge in [0.05, 0.1) is 12.5 Å². The van der Waals surface area contributed by atoms with Crippen molar-refractivity contribution in [2.45, 2.75) is 52.1 Å². The minimum atomic E-state index is -0.339. The third-order valence-electron chi connectivity index (χ3n) is 3.17. The van der Waals surface area contributed by atoms with Crippen LogP contribution in [0.15, 0.2) is 24.3 Å². The normalized spacial score (nSPS) is 13.3. The second kappa shape index (κ2) is 8.67. The summed E-state index contributed by atoms with van der Waals surface area (Å²) in [4.78, 5) is 23.4. The Bertz CT molecular complexity index is 474. The standard InChI is InChI=1S/C16H23ClN2O2/c1-4-5-11(2)18-16(21)10-15(19-12(3)20)13-6-8-14(17)9-7-13/h6-9,11,15H,4-5,10H2,1-3H3,(H,18,21)(H,19,20). The van der Waals surface area contributed by atoms with Crippen LogP contribution in [0.5, 0.6) is 0 Å². The van der Waals surface area contributed by atoms with Crippen LogP contribution in [0.25, 0.3) is 0 Å². The largest absolute Gasteiger partial charge is 0.354 e. The third-order valence-corrected chi connectivity index (χ3v) is 3.42. The molecule has 0 heterocycles. The second-order valence-electron chi connectivity index (χ2n) is 5.27. The Morgan fingerprint density at radius 3 is 2.33 bits per heavy atom. The van der Waals surface area contributed by atoms with E-state index in [4.69, 9.17) is 11.6 Å². The van der Waals surface area contributed by atoms with E-state index in [0.717, 1.165) is 18.4 Å². The number of hydrogen-bond acceptors (Lipinski definition) is 2. The molecule has 0 saturated carbocycles. The molecule has 21 heavy (non-hydrogen) atoms. The Labute approximate surface area is 131 Å². The lowest BCUT2D eigenvalue weighted by molar-refractivity contribution is -0.123. The fraction of sp³-hybridized carbons (Fsp3) is 0.500. The Balaban J connectivity index is 2.72. The second-order valence-corrected chi connectivity index (χ2v) is 5.70. The Hall–Kier alpha value is -1.55. The van der Waals surface area contributed by atoms with E-state index in [1.807, 2.05) is 19.1 Å². The van der Waals surface area contributed by atoms with E-state index in [1.54, 1.807) is 12.1 Å². The number of carbonyl (C=O) groups is 2. The van der Waals surface area contributed by atoms with Crippen LogP contribution in [0.4, 0.5) is 0 Å². The first-order valence-corrected chi connectivity index (χ1v) is 7.62. The molecule has 2 N–H and O–H groups in total. The van der Waals surface area contributed by atoms with E-state index in [1.165, 1.54) is 6.92 Å². The molecule has 0 fully saturated rings. The SMILES string of the molecule is CCCC(C)NC(=O)CC(NC(C)=O)c1ccc(Cl)cc1. The maximum atomic E-state index is 12.1. The van der Waals surface area contributed by atoms with Gasteiger partial charge in [0, 0.05) is 18.0 Å². The molecule has 0 spiro atoms. The van der Waals surface area contributed by atoms with Crippen molar-refractivity contribution in [3.8, 4) is 0 Å². The zero-order valence-electron chi connectivity index (χ0n) is 12.8. The summed E-state index contributed by atoms with van der Waals surface area (Å²) in [5.41, 5.74) is 0.868. The molecule has 116 valence electrons. The molecule has 0 aliphatic heterocycles. The van der Waals surface area contributed by atoms with E-state index in [0.29, 0.717) is 5.02 Å². The van der Waals surface area contributed by atoms with Gasteiger partial charge >= 0.3 is 0 Å². The van der Waals surface area contributed by atoms with Crippen molar-refractivity contribution in [2.75, 3.05) is 0 Å². The fourth-order valence-corrected chi connectivity index (χ4v) is 2.34. The summed E-state index contributed by atoms with van der Waals surface area (Å²) in [6.07, 6.45) is 2.18. The van der Waals surface area contributed by atoms with Crippen molar-refractivity contribution in [3.05, 3.63) is 34.9 Å². The molecule has 0 aliphatic rings. The molecule has 0 radical (unpaired) electrons. The molecule has 1 rings (SSSR count). The van der Waals surface area contributed by atoms with Crippen LogP contribution in [-0.2, 0) is 9.59 Å². The van der Waals surface area contributed by atoms with Gasteiger partial charge in [0.2, 0.25) is 11.8 Å². The van der Waals surface area contributed by atoms with Crippen LogP contribution in [0.3, 0.4) is 0 Å². The smallest absolute Gasteiger partial charge is 0.222 e. The number of rotatable bonds is 7. The van der Waals surface area contributed by atoms with Crippen molar-refractivity contribution >= 4 is 23.4 Å². The molecule has 5 heteroatoms. The predicted molar refractivity (Wildman–Crippen MR) is 85.1 cm³/mol. The third kappa shape index (κ3) is 6.63. The minimum Gasteiger partial charge on any atom is -0.354 e. The van der Waals surface area contributed by atoms with E-state index in [9.17, 15) is 9.59 Å². The molecular weight excluding hydrogens is 288 g/mol. The van der Waals surface area contributed by atoms with Crippen molar-refractivity contribution in [3.63, 3.8) is 0 Å². The molecule has 0 aromatic heterocycles. The number of hydrogen-bond donors (Lipinski definition) is 2. The Morgan fingerprint density at radius 2 is 1.81 bits per heavy atom. The van der Waals surface area contributed by atoms with Crippen molar-refractivity contribution < 1.29 is 9.59 Å². The highest BCUT2D eigenvalue weighted by molar-refractivity contribution is 6.30. The highest BCUT2D eigenvalue weighted by Gasteiger charge is 2.18. The number of halogens is 1. The van der Waals surface area contributed by atoms with Gasteiger partial charge in [0.1, 0.15) is 0 Å². The van der Waals surface area contributed by atoms with E-state index < -0.39 is 0 Å². The van der Waals surface area contributed by atoms with Gasteiger partial charge in [-0.1, -0.05) is 37.1 Å². The topological polar surface area (TPSA) is 58.2 Å². The lowest BCUT2D eigenvalue weighted by atomic mass is 10.0. The van der Waals surface area contributed by atoms with Gasteiger partial charge in [-0.15, -0.1) is 0 Å². The molecule has 0 saturated heterocycles. The minimum absolute atomic E-state index is 0.0651. The first-order valence-electron chi connectivity index (χ1n) is 7.24. The monoisotopic (exact) mass is 310 g/mol. The summed E-state index contributed by atoms with van der Waals surface area (Å²) >= 11 is 5.86. The molecule has 0 bridgehead atoms. The van der Waals surface area contributed by atoms with Crippen LogP contribution in [0, 0.1) is 0 Å². The summed E-state index contributed by atoms with van der Waals surface area (Å²) < 4.78 is 0. The summed E-state index contributed by atoms with van der Waals surface area (Å²) in [5.74, 6) is -0.228. The van der Waals surface area contributed by atoms with Crippen molar-refractivity contribution in [1.82, 2.24) is 10.6 Å². The van der Waals surface area contributed by atoms with E-state index >= 15 is 0 Å². The summed E-state index contributed by atoms with van der Waals surface area (Å²) in [6.45, 7) is 5.51. The van der Waals surface area contributed by atoms with Crippen LogP contribution >= 0.6 is 11.6 Å². The van der Waals surface area contributed by atoms with Gasteiger partial charge in [0.15, 0.2) is 0 Å². The Morgan fingerprint density at radius 1 is 1.19 bits per heavy atom. The quantitative estimate of drug-likeness (QED) is 0.812. The van der Waals surface area contributed by atoms with Crippen molar-refractivity contribution in [1.29, 1.82) is 0 Å². The number of benzene rings is 1. The number of nitrogens with one attached hydrogen (secondary N) is 2. The average molecular weight is 311 g/mol. The van der Waals surface area contributed by atoms with Crippen LogP contribution in [0.2, 0.25) is 5.02 Å². The van der Waals surface area contributed by atoms with Gasteiger partial charge in [-0.05, 0) is 31.0 Å². The molecule has 0 aliphatic carbocycles. The highest BCUT2D eigenvalue weighted by Crippen LogP contribution is 2.19. The lowest BCUT2D eigenvalue weighted by Crippen LogP contribution is -2.36. The average Bonchev–Trinajstić information content (AvgIpc) is 2.38. The zero-order chi connectivity index (χ0) is 15.8. The maximum Gasteiger partial charge on any atom is 0.222 e. The molecule has 4 nitrogen and oxygen atoms in total. The zero-order valence-corrected chi connectivity index (χ0v) is 13.5. The number of amides is 2. The maximum absolute atomic E-state index is 12.1. The van der Waals surface area contributed by atoms with Gasteiger partial charge in [-0.2, -0.15) is 0 Å². The van der Waals surface area contributed by atoms with Gasteiger partial charge in [-0.3, -0.25) is 9.59 Å². The summed E-state index contributed by atoms with van der Waals surface area (Å²) in [7, 11) is 0. The van der Waals surface area contributed by atoms with E-state index in [2.05, 4.69) is 17.6 Å². The summed E-state index contributed by atoms with van der Waals surface area (Å²) in [5, 5.41) is 6.38. The molecule has 1 aromatic rings. The number of carbonyl (C=O) groups excluding carboxylic acids is 2. The van der Waals surface area contributed by atoms with E-state index in [-0.39, 0.29) is 30.3 Å². The van der Waals surface area contributed by atoms with Gasteiger partial charge < -0.3 is 10.6 Å². The van der Waals surface area contributed by atoms with Gasteiger partial charge in [0.25, 0.3) is 0 Å². The molecule has 2 atom stereocenters. The molecular formula is C16H23ClN2O2. The fourth-order valence-electron chi connectivity index (χ4n) is 2.22. The first-order chi connectivity index (χ1) is 9.92. The summed E-state index contributed by atoms with van der Waals surface area (Å²) in [6, 6.07) is 6.96. The highest BCUT2D eigenvalue weighted by atomic mass is 35.5. The van der Waals surface area contributed by atoms with Crippen LogP contribution < -0.4 is 10.6 Å². The van der Waals surface area contributed by atoms with Crippen molar-refractivity contribution in [2.24, 2.45) is 0 Å². The van der Waals surface area contributed by atoms with Crippen LogP contribution in [-0.4, -0.2) is 17.9 Å². The van der Waals surface area contributed by atoms with Crippen LogP contribution in [0.1, 0.15) is 51.6 Å². The Kier molecular flexibility index (Phi) is 7.23. The first kappa shape index (κ1) is 17.5. The molecule has 1 aromatic carbocycles. The predicted octanol–water partition coefficient (Wildman–Crippen LogP) is 3.21. The molecule has 2 unspecified atom stereocenters. The van der Waals surface area contributed by atoms with Gasteiger partial charge in [-0.25, -0.2) is 0 Å².